The number of carbonyl (C=O) groups is 1. The maximum absolute atomic E-state index is 11.0. The van der Waals surface area contributed by atoms with E-state index in [0.29, 0.717) is 18.5 Å². The Hall–Kier alpha value is -2.37. The van der Waals surface area contributed by atoms with Crippen LogP contribution in [0.1, 0.15) is 18.5 Å². The molecule has 0 saturated heterocycles. The number of aromatic nitrogens is 3. The highest BCUT2D eigenvalue weighted by Crippen LogP contribution is 2.16. The molecular weight excluding hydrogens is 218 g/mol. The van der Waals surface area contributed by atoms with Crippen molar-refractivity contribution in [1.82, 2.24) is 20.8 Å². The second kappa shape index (κ2) is 3.89. The van der Waals surface area contributed by atoms with Gasteiger partial charge >= 0.3 is 0 Å². The van der Waals surface area contributed by atoms with Gasteiger partial charge in [0.2, 0.25) is 5.91 Å². The molecule has 0 spiro atoms. The van der Waals surface area contributed by atoms with E-state index >= 15 is 0 Å². The molecule has 6 heteroatoms. The van der Waals surface area contributed by atoms with Crippen LogP contribution >= 0.6 is 0 Å². The lowest BCUT2D eigenvalue weighted by Gasteiger charge is -2.11. The molecule has 1 aliphatic heterocycles. The van der Waals surface area contributed by atoms with E-state index in [1.807, 2.05) is 24.3 Å². The van der Waals surface area contributed by atoms with E-state index < -0.39 is 0 Å². The van der Waals surface area contributed by atoms with Crippen molar-refractivity contribution in [2.75, 3.05) is 0 Å². The molecule has 84 valence electrons. The number of rotatable bonds is 1. The van der Waals surface area contributed by atoms with Gasteiger partial charge in [0.05, 0.1) is 11.2 Å². The van der Waals surface area contributed by atoms with E-state index in [-0.39, 0.29) is 5.91 Å². The molecule has 0 fully saturated rings. The summed E-state index contributed by atoms with van der Waals surface area (Å²) in [7, 11) is 0. The minimum absolute atomic E-state index is 0.0694. The Morgan fingerprint density at radius 3 is 2.82 bits per heavy atom. The Balaban J connectivity index is 2.14. The van der Waals surface area contributed by atoms with Crippen molar-refractivity contribution in [3.8, 4) is 0 Å². The molecule has 0 unspecified atom stereocenters. The average molecular weight is 227 g/mol. The standard InChI is InChI=1S/C11H9N5O/c17-10-6-5-9(12-14-10)11-7-3-1-2-4-8(7)13-16-15-11/h1-4H,5-6H2,(H,14,17). The fourth-order valence-corrected chi connectivity index (χ4v) is 1.79. The van der Waals surface area contributed by atoms with Crippen LogP contribution in [0.25, 0.3) is 10.9 Å². The fourth-order valence-electron chi connectivity index (χ4n) is 1.79. The number of benzene rings is 1. The number of amides is 1. The van der Waals surface area contributed by atoms with Crippen molar-refractivity contribution in [3.63, 3.8) is 0 Å². The minimum atomic E-state index is -0.0694. The summed E-state index contributed by atoms with van der Waals surface area (Å²) >= 11 is 0. The molecule has 6 nitrogen and oxygen atoms in total. The Morgan fingerprint density at radius 2 is 2.00 bits per heavy atom. The van der Waals surface area contributed by atoms with Crippen molar-refractivity contribution in [3.05, 3.63) is 30.0 Å². The van der Waals surface area contributed by atoms with Crippen LogP contribution in [-0.2, 0) is 4.79 Å². The van der Waals surface area contributed by atoms with Crippen molar-refractivity contribution in [1.29, 1.82) is 0 Å². The first-order valence-corrected chi connectivity index (χ1v) is 5.28. The Kier molecular flexibility index (Phi) is 2.25. The summed E-state index contributed by atoms with van der Waals surface area (Å²) < 4.78 is 0. The smallest absolute Gasteiger partial charge is 0.240 e. The number of hydrazone groups is 1. The number of nitrogens with zero attached hydrogens (tertiary/aromatic N) is 4. The number of carbonyl (C=O) groups excluding carboxylic acids is 1. The highest BCUT2D eigenvalue weighted by Gasteiger charge is 2.17. The lowest BCUT2D eigenvalue weighted by atomic mass is 10.1. The SMILES string of the molecule is O=C1CCC(c2nnnc3ccccc23)=NN1. The second-order valence-corrected chi connectivity index (χ2v) is 3.75. The molecule has 2 aromatic rings. The third-order valence-corrected chi connectivity index (χ3v) is 2.63. The van der Waals surface area contributed by atoms with Crippen LogP contribution in [0.4, 0.5) is 0 Å². The van der Waals surface area contributed by atoms with Crippen molar-refractivity contribution in [2.45, 2.75) is 12.8 Å². The molecule has 0 saturated carbocycles. The molecule has 1 aromatic carbocycles. The summed E-state index contributed by atoms with van der Waals surface area (Å²) in [6.45, 7) is 0. The Bertz CT molecular complexity index is 617. The van der Waals surface area contributed by atoms with E-state index in [0.717, 1.165) is 16.6 Å². The van der Waals surface area contributed by atoms with Crippen molar-refractivity contribution >= 4 is 22.5 Å². The summed E-state index contributed by atoms with van der Waals surface area (Å²) in [6, 6.07) is 7.60. The minimum Gasteiger partial charge on any atom is -0.273 e. The highest BCUT2D eigenvalue weighted by atomic mass is 16.2. The fraction of sp³-hybridized carbons (Fsp3) is 0.182. The predicted octanol–water partition coefficient (Wildman–Crippen LogP) is 0.639. The molecule has 0 atom stereocenters. The number of hydrogen-bond donors (Lipinski definition) is 1. The van der Waals surface area contributed by atoms with Crippen LogP contribution in [0, 0.1) is 0 Å². The van der Waals surface area contributed by atoms with Gasteiger partial charge in [-0.15, -0.1) is 10.2 Å². The van der Waals surface area contributed by atoms with Gasteiger partial charge in [0.1, 0.15) is 5.69 Å². The average Bonchev–Trinajstić information content (AvgIpc) is 2.39. The summed E-state index contributed by atoms with van der Waals surface area (Å²) in [5.74, 6) is -0.0694. The lowest BCUT2D eigenvalue weighted by Crippen LogP contribution is -2.26. The molecule has 0 radical (unpaired) electrons. The molecule has 1 aromatic heterocycles. The van der Waals surface area contributed by atoms with E-state index in [1.165, 1.54) is 0 Å². The molecule has 0 aliphatic carbocycles. The van der Waals surface area contributed by atoms with Gasteiger partial charge < -0.3 is 0 Å². The molecule has 1 N–H and O–H groups in total. The third kappa shape index (κ3) is 1.73. The normalized spacial score (nSPS) is 15.5. The summed E-state index contributed by atoms with van der Waals surface area (Å²) in [4.78, 5) is 11.0. The van der Waals surface area contributed by atoms with Crippen LogP contribution in [0.3, 0.4) is 0 Å². The number of nitrogens with one attached hydrogen (secondary N) is 1. The van der Waals surface area contributed by atoms with Gasteiger partial charge in [0.15, 0.2) is 0 Å². The van der Waals surface area contributed by atoms with Gasteiger partial charge in [-0.1, -0.05) is 18.2 Å². The van der Waals surface area contributed by atoms with E-state index in [1.54, 1.807) is 0 Å². The van der Waals surface area contributed by atoms with Gasteiger partial charge in [0.25, 0.3) is 0 Å². The molecule has 1 aliphatic rings. The van der Waals surface area contributed by atoms with E-state index in [4.69, 9.17) is 0 Å². The van der Waals surface area contributed by atoms with Crippen molar-refractivity contribution in [2.24, 2.45) is 5.10 Å². The molecule has 17 heavy (non-hydrogen) atoms. The topological polar surface area (TPSA) is 80.1 Å². The first-order valence-electron chi connectivity index (χ1n) is 5.28. The largest absolute Gasteiger partial charge is 0.273 e. The van der Waals surface area contributed by atoms with Crippen LogP contribution in [0.15, 0.2) is 29.4 Å². The van der Waals surface area contributed by atoms with E-state index in [9.17, 15) is 4.79 Å². The number of hydrogen-bond acceptors (Lipinski definition) is 5. The maximum Gasteiger partial charge on any atom is 0.240 e. The predicted molar refractivity (Wildman–Crippen MR) is 61.2 cm³/mol. The monoisotopic (exact) mass is 227 g/mol. The second-order valence-electron chi connectivity index (χ2n) is 3.75. The molecular formula is C11H9N5O. The molecule has 0 bridgehead atoms. The first kappa shape index (κ1) is 9.83. The lowest BCUT2D eigenvalue weighted by molar-refractivity contribution is -0.121. The molecule has 2 heterocycles. The van der Waals surface area contributed by atoms with Crippen molar-refractivity contribution < 1.29 is 4.79 Å². The summed E-state index contributed by atoms with van der Waals surface area (Å²) in [6.07, 6.45) is 1.01. The van der Waals surface area contributed by atoms with Gasteiger partial charge in [-0.05, 0) is 11.3 Å². The first-order chi connectivity index (χ1) is 8.34. The van der Waals surface area contributed by atoms with Gasteiger partial charge in [0, 0.05) is 18.2 Å². The zero-order chi connectivity index (χ0) is 11.7. The van der Waals surface area contributed by atoms with Gasteiger partial charge in [-0.25, -0.2) is 5.43 Å². The van der Waals surface area contributed by atoms with Crippen LogP contribution in [0.2, 0.25) is 0 Å². The Labute approximate surface area is 96.7 Å². The van der Waals surface area contributed by atoms with Gasteiger partial charge in [-0.2, -0.15) is 5.10 Å². The highest BCUT2D eigenvalue weighted by molar-refractivity contribution is 6.10. The Morgan fingerprint density at radius 1 is 1.12 bits per heavy atom. The molecule has 3 rings (SSSR count). The van der Waals surface area contributed by atoms with Crippen LogP contribution in [0.5, 0.6) is 0 Å². The van der Waals surface area contributed by atoms with Gasteiger partial charge in [-0.3, -0.25) is 4.79 Å². The summed E-state index contributed by atoms with van der Waals surface area (Å²) in [5, 5.41) is 16.6. The zero-order valence-electron chi connectivity index (χ0n) is 8.92. The van der Waals surface area contributed by atoms with Crippen LogP contribution < -0.4 is 5.43 Å². The third-order valence-electron chi connectivity index (χ3n) is 2.63. The number of fused-ring (bicyclic) bond motifs is 1. The summed E-state index contributed by atoms with van der Waals surface area (Å²) in [5.41, 5.74) is 4.67. The maximum atomic E-state index is 11.0. The zero-order valence-corrected chi connectivity index (χ0v) is 8.92. The molecule has 1 amide bonds. The quantitative estimate of drug-likeness (QED) is 0.775. The van der Waals surface area contributed by atoms with Crippen LogP contribution in [-0.4, -0.2) is 27.0 Å². The van der Waals surface area contributed by atoms with E-state index in [2.05, 4.69) is 25.9 Å².